The van der Waals surface area contributed by atoms with E-state index in [1.54, 1.807) is 0 Å². The molecular weight excluding hydrogens is 307 g/mol. The lowest BCUT2D eigenvalue weighted by atomic mass is 9.80. The van der Waals surface area contributed by atoms with Crippen molar-refractivity contribution >= 4 is 23.6 Å². The van der Waals surface area contributed by atoms with Gasteiger partial charge in [-0.3, -0.25) is 9.59 Å². The normalized spacial score (nSPS) is 21.5. The predicted octanol–water partition coefficient (Wildman–Crippen LogP) is 2.89. The van der Waals surface area contributed by atoms with E-state index >= 15 is 0 Å². The highest BCUT2D eigenvalue weighted by Gasteiger charge is 2.35. The van der Waals surface area contributed by atoms with Crippen molar-refractivity contribution in [3.63, 3.8) is 0 Å². The molecule has 0 saturated heterocycles. The lowest BCUT2D eigenvalue weighted by molar-refractivity contribution is -0.145. The Morgan fingerprint density at radius 3 is 2.24 bits per heavy atom. The number of thioether (sulfide) groups is 1. The van der Waals surface area contributed by atoms with Crippen molar-refractivity contribution in [1.29, 1.82) is 0 Å². The van der Waals surface area contributed by atoms with Crippen LogP contribution >= 0.6 is 11.8 Å². The maximum absolute atomic E-state index is 12.2. The van der Waals surface area contributed by atoms with E-state index < -0.39 is 23.3 Å². The van der Waals surface area contributed by atoms with Crippen LogP contribution in [0.1, 0.15) is 23.2 Å². The molecule has 0 bridgehead atoms. The molecular formula is C13H12F3NO3S. The molecule has 0 aliphatic heterocycles. The third kappa shape index (κ3) is 4.38. The summed E-state index contributed by atoms with van der Waals surface area (Å²) in [5.74, 6) is -1.72. The van der Waals surface area contributed by atoms with Gasteiger partial charge in [-0.15, -0.1) is 0 Å². The number of hydrogen-bond donors (Lipinski definition) is 2. The van der Waals surface area contributed by atoms with E-state index in [4.69, 9.17) is 5.11 Å². The number of aliphatic carboxylic acids is 1. The van der Waals surface area contributed by atoms with Crippen LogP contribution in [0.15, 0.2) is 29.2 Å². The fourth-order valence-electron chi connectivity index (χ4n) is 2.01. The van der Waals surface area contributed by atoms with Gasteiger partial charge in [0.2, 0.25) is 0 Å². The monoisotopic (exact) mass is 319 g/mol. The standard InChI is InChI=1S/C13H12F3NO3S/c14-13(15,16)21-10-3-1-7(2-4-10)11(18)17-9-5-8(6-9)12(19)20/h1-4,8-9H,5-6H2,(H,17,18)(H,19,20). The number of benzene rings is 1. The van der Waals surface area contributed by atoms with Crippen molar-refractivity contribution in [2.24, 2.45) is 5.92 Å². The minimum atomic E-state index is -4.36. The summed E-state index contributed by atoms with van der Waals surface area (Å²) < 4.78 is 36.5. The molecule has 0 unspecified atom stereocenters. The Bertz CT molecular complexity index is 539. The summed E-state index contributed by atoms with van der Waals surface area (Å²) in [7, 11) is 0. The van der Waals surface area contributed by atoms with Crippen molar-refractivity contribution in [1.82, 2.24) is 5.32 Å². The molecule has 1 fully saturated rings. The van der Waals surface area contributed by atoms with E-state index in [1.165, 1.54) is 24.3 Å². The molecule has 4 nitrogen and oxygen atoms in total. The number of carbonyl (C=O) groups is 2. The Balaban J connectivity index is 1.88. The first-order valence-electron chi connectivity index (χ1n) is 6.14. The van der Waals surface area contributed by atoms with E-state index in [0.717, 1.165) is 0 Å². The van der Waals surface area contributed by atoms with E-state index in [9.17, 15) is 22.8 Å². The average Bonchev–Trinajstić information content (AvgIpc) is 2.31. The molecule has 2 rings (SSSR count). The molecule has 1 amide bonds. The van der Waals surface area contributed by atoms with Gasteiger partial charge in [-0.1, -0.05) is 0 Å². The zero-order valence-corrected chi connectivity index (χ0v) is 11.5. The van der Waals surface area contributed by atoms with E-state index in [2.05, 4.69) is 5.32 Å². The summed E-state index contributed by atoms with van der Waals surface area (Å²) in [6.07, 6.45) is 0.756. The predicted molar refractivity (Wildman–Crippen MR) is 70.0 cm³/mol. The fourth-order valence-corrected chi connectivity index (χ4v) is 2.55. The minimum absolute atomic E-state index is 0.00800. The highest BCUT2D eigenvalue weighted by Crippen LogP contribution is 2.36. The first-order valence-corrected chi connectivity index (χ1v) is 6.96. The van der Waals surface area contributed by atoms with Crippen molar-refractivity contribution in [2.75, 3.05) is 0 Å². The number of carboxylic acids is 1. The summed E-state index contributed by atoms with van der Waals surface area (Å²) in [5, 5.41) is 11.4. The zero-order valence-electron chi connectivity index (χ0n) is 10.7. The largest absolute Gasteiger partial charge is 0.481 e. The Labute approximate surface area is 122 Å². The number of carbonyl (C=O) groups excluding carboxylic acids is 1. The van der Waals surface area contributed by atoms with Crippen LogP contribution in [0.25, 0.3) is 0 Å². The van der Waals surface area contributed by atoms with Crippen LogP contribution < -0.4 is 5.32 Å². The highest BCUT2D eigenvalue weighted by molar-refractivity contribution is 8.00. The lowest BCUT2D eigenvalue weighted by Crippen LogP contribution is -2.46. The van der Waals surface area contributed by atoms with Gasteiger partial charge in [0, 0.05) is 16.5 Å². The molecule has 0 heterocycles. The maximum Gasteiger partial charge on any atom is 0.446 e. The Hall–Kier alpha value is -1.70. The first kappa shape index (κ1) is 15.7. The van der Waals surface area contributed by atoms with E-state index in [-0.39, 0.29) is 28.3 Å². The first-order chi connectivity index (χ1) is 9.74. The second kappa shape index (κ2) is 5.97. The van der Waals surface area contributed by atoms with Gasteiger partial charge in [0.05, 0.1) is 5.92 Å². The van der Waals surface area contributed by atoms with Crippen LogP contribution in [-0.4, -0.2) is 28.5 Å². The van der Waals surface area contributed by atoms with Gasteiger partial charge in [-0.2, -0.15) is 13.2 Å². The van der Waals surface area contributed by atoms with Crippen molar-refractivity contribution in [3.05, 3.63) is 29.8 Å². The zero-order chi connectivity index (χ0) is 15.6. The Morgan fingerprint density at radius 2 is 1.76 bits per heavy atom. The fraction of sp³-hybridized carbons (Fsp3) is 0.385. The molecule has 0 aromatic heterocycles. The molecule has 2 N–H and O–H groups in total. The van der Waals surface area contributed by atoms with E-state index in [1.807, 2.05) is 0 Å². The Kier molecular flexibility index (Phi) is 4.46. The van der Waals surface area contributed by atoms with Gasteiger partial charge in [-0.25, -0.2) is 0 Å². The van der Waals surface area contributed by atoms with Gasteiger partial charge < -0.3 is 10.4 Å². The SMILES string of the molecule is O=C(NC1CC(C(=O)O)C1)c1ccc(SC(F)(F)F)cc1. The second-order valence-corrected chi connectivity index (χ2v) is 5.89. The number of rotatable bonds is 4. The number of carboxylic acid groups (broad SMARTS) is 1. The van der Waals surface area contributed by atoms with Crippen LogP contribution in [0.5, 0.6) is 0 Å². The molecule has 21 heavy (non-hydrogen) atoms. The molecule has 1 saturated carbocycles. The smallest absolute Gasteiger partial charge is 0.446 e. The molecule has 0 spiro atoms. The van der Waals surface area contributed by atoms with Crippen LogP contribution in [-0.2, 0) is 4.79 Å². The molecule has 1 aliphatic rings. The number of alkyl halides is 3. The number of hydrogen-bond acceptors (Lipinski definition) is 3. The molecule has 0 atom stereocenters. The maximum atomic E-state index is 12.2. The molecule has 1 aromatic rings. The Morgan fingerprint density at radius 1 is 1.19 bits per heavy atom. The molecule has 1 aromatic carbocycles. The number of nitrogens with one attached hydrogen (secondary N) is 1. The third-order valence-corrected chi connectivity index (χ3v) is 3.91. The number of halogens is 3. The van der Waals surface area contributed by atoms with Crippen molar-refractivity contribution in [3.8, 4) is 0 Å². The highest BCUT2D eigenvalue weighted by atomic mass is 32.2. The topological polar surface area (TPSA) is 66.4 Å². The molecule has 0 radical (unpaired) electrons. The third-order valence-electron chi connectivity index (χ3n) is 3.17. The average molecular weight is 319 g/mol. The quantitative estimate of drug-likeness (QED) is 0.838. The summed E-state index contributed by atoms with van der Waals surface area (Å²) >= 11 is -0.243. The van der Waals surface area contributed by atoms with Gasteiger partial charge in [0.25, 0.3) is 5.91 Å². The van der Waals surface area contributed by atoms with Crippen LogP contribution in [0, 0.1) is 5.92 Å². The van der Waals surface area contributed by atoms with Crippen LogP contribution in [0.2, 0.25) is 0 Å². The summed E-state index contributed by atoms with van der Waals surface area (Å²) in [4.78, 5) is 22.5. The van der Waals surface area contributed by atoms with Crippen molar-refractivity contribution in [2.45, 2.75) is 29.3 Å². The van der Waals surface area contributed by atoms with Crippen LogP contribution in [0.4, 0.5) is 13.2 Å². The van der Waals surface area contributed by atoms with Crippen LogP contribution in [0.3, 0.4) is 0 Å². The minimum Gasteiger partial charge on any atom is -0.481 e. The summed E-state index contributed by atoms with van der Waals surface area (Å²) in [5.41, 5.74) is -4.11. The summed E-state index contributed by atoms with van der Waals surface area (Å²) in [6, 6.07) is 4.90. The summed E-state index contributed by atoms with van der Waals surface area (Å²) in [6.45, 7) is 0. The van der Waals surface area contributed by atoms with Gasteiger partial charge in [0.1, 0.15) is 0 Å². The molecule has 114 valence electrons. The number of amides is 1. The van der Waals surface area contributed by atoms with Crippen molar-refractivity contribution < 1.29 is 27.9 Å². The molecule has 8 heteroatoms. The lowest BCUT2D eigenvalue weighted by Gasteiger charge is -2.32. The molecule has 1 aliphatic carbocycles. The van der Waals surface area contributed by atoms with Gasteiger partial charge in [0.15, 0.2) is 0 Å². The van der Waals surface area contributed by atoms with Gasteiger partial charge >= 0.3 is 11.5 Å². The van der Waals surface area contributed by atoms with E-state index in [0.29, 0.717) is 12.8 Å². The van der Waals surface area contributed by atoms with Gasteiger partial charge in [-0.05, 0) is 48.9 Å². The second-order valence-electron chi connectivity index (χ2n) is 4.75.